The molecule has 0 saturated heterocycles. The van der Waals surface area contributed by atoms with Gasteiger partial charge >= 0.3 is 0 Å². The number of amides is 1. The number of hydrogen-bond acceptors (Lipinski definition) is 4. The molecule has 1 fully saturated rings. The molecule has 1 N–H and O–H groups in total. The number of hydrogen-bond donors (Lipinski definition) is 1. The van der Waals surface area contributed by atoms with Crippen molar-refractivity contribution in [3.63, 3.8) is 0 Å². The molecular formula is C22H29ClN4OS. The van der Waals surface area contributed by atoms with Gasteiger partial charge < -0.3 is 10.2 Å². The summed E-state index contributed by atoms with van der Waals surface area (Å²) in [5.74, 6) is 0.679. The lowest BCUT2D eigenvalue weighted by Crippen LogP contribution is -2.36. The molecule has 1 aromatic carbocycles. The number of aromatic nitrogens is 2. The van der Waals surface area contributed by atoms with Crippen LogP contribution < -0.4 is 5.32 Å². The minimum absolute atomic E-state index is 0.0757. The molecule has 5 nitrogen and oxygen atoms in total. The lowest BCUT2D eigenvalue weighted by Gasteiger charge is -2.31. The fraction of sp³-hybridized carbons (Fsp3) is 0.545. The van der Waals surface area contributed by atoms with Gasteiger partial charge in [-0.3, -0.25) is 9.48 Å². The maximum Gasteiger partial charge on any atom is 0.272 e. The predicted octanol–water partition coefficient (Wildman–Crippen LogP) is 4.73. The molecule has 0 unspecified atom stereocenters. The van der Waals surface area contributed by atoms with Crippen molar-refractivity contribution in [1.82, 2.24) is 20.0 Å². The zero-order valence-corrected chi connectivity index (χ0v) is 18.8. The number of carbonyl (C=O) groups is 1. The van der Waals surface area contributed by atoms with Crippen LogP contribution in [0.3, 0.4) is 0 Å². The molecule has 2 aromatic rings. The molecule has 156 valence electrons. The Morgan fingerprint density at radius 1 is 1.34 bits per heavy atom. The summed E-state index contributed by atoms with van der Waals surface area (Å²) < 4.78 is 1.82. The Labute approximate surface area is 182 Å². The van der Waals surface area contributed by atoms with Gasteiger partial charge in [0.15, 0.2) is 5.69 Å². The van der Waals surface area contributed by atoms with E-state index in [4.69, 9.17) is 11.6 Å². The van der Waals surface area contributed by atoms with E-state index in [2.05, 4.69) is 22.4 Å². The Hall–Kier alpha value is -1.50. The molecule has 1 amide bonds. The van der Waals surface area contributed by atoms with Gasteiger partial charge in [-0.25, -0.2) is 0 Å². The zero-order chi connectivity index (χ0) is 20.4. The summed E-state index contributed by atoms with van der Waals surface area (Å²) >= 11 is 7.94. The molecule has 1 aliphatic carbocycles. The van der Waals surface area contributed by atoms with Crippen molar-refractivity contribution in [1.29, 1.82) is 0 Å². The molecule has 0 spiro atoms. The standard InChI is InChI=1S/C22H29ClN4OS/c1-26(16-7-4-3-5-8-16)12-6-11-24-22(28)20-18-14-29-19-10-9-15(23)13-17(19)21(18)27(2)25-20/h9-10,13,16H,3-8,11-12,14H2,1-2H3,(H,24,28). The lowest BCUT2D eigenvalue weighted by molar-refractivity contribution is 0.0944. The van der Waals surface area contributed by atoms with Gasteiger partial charge in [0, 0.05) is 46.4 Å². The van der Waals surface area contributed by atoms with E-state index in [1.54, 1.807) is 11.8 Å². The highest BCUT2D eigenvalue weighted by molar-refractivity contribution is 7.98. The topological polar surface area (TPSA) is 50.2 Å². The van der Waals surface area contributed by atoms with E-state index in [0.29, 0.717) is 23.3 Å². The third kappa shape index (κ3) is 4.49. The second kappa shape index (κ2) is 9.11. The molecule has 2 heterocycles. The third-order valence-electron chi connectivity index (χ3n) is 6.10. The number of nitrogens with zero attached hydrogens (tertiary/aromatic N) is 3. The molecule has 4 rings (SSSR count). The molecule has 0 atom stereocenters. The van der Waals surface area contributed by atoms with Crippen LogP contribution >= 0.6 is 23.4 Å². The summed E-state index contributed by atoms with van der Waals surface area (Å²) in [4.78, 5) is 16.5. The lowest BCUT2D eigenvalue weighted by atomic mass is 9.94. The first-order valence-electron chi connectivity index (χ1n) is 10.5. The van der Waals surface area contributed by atoms with Crippen LogP contribution in [0.2, 0.25) is 5.02 Å². The number of fused-ring (bicyclic) bond motifs is 3. The van der Waals surface area contributed by atoms with Crippen molar-refractivity contribution < 1.29 is 4.79 Å². The smallest absolute Gasteiger partial charge is 0.272 e. The Balaban J connectivity index is 1.37. The highest BCUT2D eigenvalue weighted by atomic mass is 35.5. The van der Waals surface area contributed by atoms with Crippen LogP contribution in [0, 0.1) is 0 Å². The Kier molecular flexibility index (Phi) is 6.52. The van der Waals surface area contributed by atoms with E-state index >= 15 is 0 Å². The van der Waals surface area contributed by atoms with Gasteiger partial charge in [-0.1, -0.05) is 30.9 Å². The number of benzene rings is 1. The first kappa shape index (κ1) is 20.8. The summed E-state index contributed by atoms with van der Waals surface area (Å²) in [6, 6.07) is 6.63. The summed E-state index contributed by atoms with van der Waals surface area (Å²) in [5.41, 5.74) is 3.61. The van der Waals surface area contributed by atoms with Crippen LogP contribution in [-0.2, 0) is 12.8 Å². The molecule has 0 radical (unpaired) electrons. The normalized spacial score (nSPS) is 16.6. The van der Waals surface area contributed by atoms with E-state index in [1.807, 2.05) is 29.9 Å². The minimum atomic E-state index is -0.0757. The van der Waals surface area contributed by atoms with Crippen molar-refractivity contribution in [3.05, 3.63) is 34.5 Å². The molecular weight excluding hydrogens is 404 g/mol. The number of carbonyl (C=O) groups excluding carboxylic acids is 1. The van der Waals surface area contributed by atoms with Crippen LogP contribution in [0.5, 0.6) is 0 Å². The highest BCUT2D eigenvalue weighted by Crippen LogP contribution is 2.43. The minimum Gasteiger partial charge on any atom is -0.351 e. The van der Waals surface area contributed by atoms with Crippen molar-refractivity contribution in [3.8, 4) is 11.3 Å². The van der Waals surface area contributed by atoms with Crippen LogP contribution in [0.25, 0.3) is 11.3 Å². The summed E-state index contributed by atoms with van der Waals surface area (Å²) in [6.07, 6.45) is 7.66. The van der Waals surface area contributed by atoms with Crippen LogP contribution in [0.1, 0.15) is 54.6 Å². The van der Waals surface area contributed by atoms with Crippen molar-refractivity contribution in [2.75, 3.05) is 20.1 Å². The summed E-state index contributed by atoms with van der Waals surface area (Å²) in [5, 5.41) is 8.33. The summed E-state index contributed by atoms with van der Waals surface area (Å²) in [7, 11) is 4.11. The van der Waals surface area contributed by atoms with Gasteiger partial charge in [0.2, 0.25) is 0 Å². The Bertz CT molecular complexity index is 891. The van der Waals surface area contributed by atoms with E-state index < -0.39 is 0 Å². The predicted molar refractivity (Wildman–Crippen MR) is 120 cm³/mol. The van der Waals surface area contributed by atoms with Crippen LogP contribution in [0.15, 0.2) is 23.1 Å². The molecule has 2 aliphatic rings. The van der Waals surface area contributed by atoms with Gasteiger partial charge in [-0.05, 0) is 51.1 Å². The maximum absolute atomic E-state index is 12.8. The van der Waals surface area contributed by atoms with E-state index in [0.717, 1.165) is 35.5 Å². The number of halogens is 1. The number of nitrogens with one attached hydrogen (secondary N) is 1. The Morgan fingerprint density at radius 2 is 2.14 bits per heavy atom. The van der Waals surface area contributed by atoms with Crippen LogP contribution in [-0.4, -0.2) is 46.8 Å². The molecule has 1 saturated carbocycles. The average Bonchev–Trinajstić information content (AvgIpc) is 3.08. The van der Waals surface area contributed by atoms with Gasteiger partial charge in [0.05, 0.1) is 5.69 Å². The van der Waals surface area contributed by atoms with Gasteiger partial charge in [0.1, 0.15) is 0 Å². The quantitative estimate of drug-likeness (QED) is 0.670. The SMILES string of the molecule is CN(CCCNC(=O)c1nn(C)c2c1CSc1ccc(Cl)cc1-2)C1CCCCC1. The fourth-order valence-corrected chi connectivity index (χ4v) is 5.73. The maximum atomic E-state index is 12.8. The van der Waals surface area contributed by atoms with Gasteiger partial charge in [-0.2, -0.15) is 5.10 Å². The molecule has 29 heavy (non-hydrogen) atoms. The molecule has 1 aliphatic heterocycles. The van der Waals surface area contributed by atoms with Gasteiger partial charge in [0.25, 0.3) is 5.91 Å². The first-order chi connectivity index (χ1) is 14.0. The highest BCUT2D eigenvalue weighted by Gasteiger charge is 2.27. The van der Waals surface area contributed by atoms with Crippen LogP contribution in [0.4, 0.5) is 0 Å². The number of thioether (sulfide) groups is 1. The Morgan fingerprint density at radius 3 is 2.93 bits per heavy atom. The summed E-state index contributed by atoms with van der Waals surface area (Å²) in [6.45, 7) is 1.70. The van der Waals surface area contributed by atoms with Gasteiger partial charge in [-0.15, -0.1) is 11.8 Å². The van der Waals surface area contributed by atoms with E-state index in [1.165, 1.54) is 37.0 Å². The molecule has 7 heteroatoms. The van der Waals surface area contributed by atoms with E-state index in [9.17, 15) is 4.79 Å². The monoisotopic (exact) mass is 432 g/mol. The molecule has 0 bridgehead atoms. The van der Waals surface area contributed by atoms with Crippen molar-refractivity contribution in [2.45, 2.75) is 55.2 Å². The second-order valence-electron chi connectivity index (χ2n) is 8.11. The third-order valence-corrected chi connectivity index (χ3v) is 7.44. The average molecular weight is 433 g/mol. The second-order valence-corrected chi connectivity index (χ2v) is 9.56. The number of rotatable bonds is 6. The largest absolute Gasteiger partial charge is 0.351 e. The zero-order valence-electron chi connectivity index (χ0n) is 17.2. The molecule has 1 aromatic heterocycles. The van der Waals surface area contributed by atoms with E-state index in [-0.39, 0.29) is 5.91 Å². The van der Waals surface area contributed by atoms with Crippen molar-refractivity contribution >= 4 is 29.3 Å². The first-order valence-corrected chi connectivity index (χ1v) is 11.9. The van der Waals surface area contributed by atoms with Crippen molar-refractivity contribution in [2.24, 2.45) is 7.05 Å². The number of aryl methyl sites for hydroxylation is 1. The fourth-order valence-electron chi connectivity index (χ4n) is 4.51.